The maximum Gasteiger partial charge on any atom is 0.230 e. The third-order valence-corrected chi connectivity index (χ3v) is 3.55. The number of nitrogens with one attached hydrogen (secondary N) is 1. The van der Waals surface area contributed by atoms with Crippen molar-refractivity contribution < 1.29 is 4.42 Å². The van der Waals surface area contributed by atoms with Gasteiger partial charge in [0.1, 0.15) is 0 Å². The molecule has 2 rings (SSSR count). The van der Waals surface area contributed by atoms with E-state index < -0.39 is 0 Å². The maximum atomic E-state index is 5.32. The van der Waals surface area contributed by atoms with Crippen LogP contribution in [0.5, 0.6) is 0 Å². The molecule has 1 aromatic heterocycles. The Bertz CT molecular complexity index is 323. The predicted octanol–water partition coefficient (Wildman–Crippen LogP) is 1.90. The lowest BCUT2D eigenvalue weighted by atomic mass is 9.98. The minimum absolute atomic E-state index is 0.604. The van der Waals surface area contributed by atoms with E-state index in [9.17, 15) is 0 Å². The third-order valence-electron chi connectivity index (χ3n) is 3.55. The molecule has 3 unspecified atom stereocenters. The molecule has 0 aliphatic heterocycles. The minimum atomic E-state index is 0.604. The van der Waals surface area contributed by atoms with Crippen LogP contribution < -0.4 is 5.32 Å². The first-order valence-corrected chi connectivity index (χ1v) is 5.69. The molecular formula is C11H19N3O. The van der Waals surface area contributed by atoms with Crippen LogP contribution in [0.2, 0.25) is 0 Å². The van der Waals surface area contributed by atoms with Crippen molar-refractivity contribution in [2.45, 2.75) is 46.2 Å². The molecule has 4 heteroatoms. The van der Waals surface area contributed by atoms with Gasteiger partial charge in [-0.3, -0.25) is 0 Å². The first kappa shape index (κ1) is 10.6. The Balaban J connectivity index is 1.83. The zero-order valence-corrected chi connectivity index (χ0v) is 9.66. The van der Waals surface area contributed by atoms with Crippen LogP contribution in [0.3, 0.4) is 0 Å². The molecule has 0 saturated heterocycles. The van der Waals surface area contributed by atoms with Gasteiger partial charge in [0.15, 0.2) is 0 Å². The largest absolute Gasteiger partial charge is 0.424 e. The summed E-state index contributed by atoms with van der Waals surface area (Å²) in [6.45, 7) is 7.15. The summed E-state index contributed by atoms with van der Waals surface area (Å²) in [5.74, 6) is 2.90. The summed E-state index contributed by atoms with van der Waals surface area (Å²) in [5, 5.41) is 11.3. The summed E-state index contributed by atoms with van der Waals surface area (Å²) in [4.78, 5) is 0. The van der Waals surface area contributed by atoms with E-state index in [1.54, 1.807) is 0 Å². The Labute approximate surface area is 90.5 Å². The quantitative estimate of drug-likeness (QED) is 0.826. The van der Waals surface area contributed by atoms with Gasteiger partial charge in [0, 0.05) is 13.0 Å². The highest BCUT2D eigenvalue weighted by atomic mass is 16.4. The van der Waals surface area contributed by atoms with Crippen molar-refractivity contribution in [2.24, 2.45) is 11.8 Å². The van der Waals surface area contributed by atoms with E-state index in [-0.39, 0.29) is 0 Å². The monoisotopic (exact) mass is 209 g/mol. The van der Waals surface area contributed by atoms with Gasteiger partial charge in [0.25, 0.3) is 0 Å². The van der Waals surface area contributed by atoms with Gasteiger partial charge in [-0.25, -0.2) is 0 Å². The lowest BCUT2D eigenvalue weighted by Gasteiger charge is -2.18. The molecule has 0 amide bonds. The molecule has 84 valence electrons. The number of hydrogen-bond acceptors (Lipinski definition) is 4. The van der Waals surface area contributed by atoms with Crippen LogP contribution in [0.4, 0.5) is 0 Å². The van der Waals surface area contributed by atoms with E-state index in [1.165, 1.54) is 12.8 Å². The van der Waals surface area contributed by atoms with Crippen LogP contribution in [-0.2, 0) is 6.54 Å². The van der Waals surface area contributed by atoms with Crippen molar-refractivity contribution in [1.82, 2.24) is 15.5 Å². The lowest BCUT2D eigenvalue weighted by Crippen LogP contribution is -2.31. The van der Waals surface area contributed by atoms with Gasteiger partial charge >= 0.3 is 0 Å². The summed E-state index contributed by atoms with van der Waals surface area (Å²) in [7, 11) is 0. The molecule has 0 aromatic carbocycles. The predicted molar refractivity (Wildman–Crippen MR) is 57.2 cm³/mol. The molecule has 1 heterocycles. The molecule has 15 heavy (non-hydrogen) atoms. The molecule has 3 atom stereocenters. The zero-order valence-electron chi connectivity index (χ0n) is 9.66. The van der Waals surface area contributed by atoms with E-state index in [1.807, 2.05) is 6.92 Å². The van der Waals surface area contributed by atoms with Gasteiger partial charge < -0.3 is 9.73 Å². The van der Waals surface area contributed by atoms with E-state index in [2.05, 4.69) is 29.4 Å². The minimum Gasteiger partial charge on any atom is -0.424 e. The number of nitrogens with zero attached hydrogens (tertiary/aromatic N) is 2. The number of hydrogen-bond donors (Lipinski definition) is 1. The average molecular weight is 209 g/mol. The third kappa shape index (κ3) is 2.37. The van der Waals surface area contributed by atoms with Crippen LogP contribution in [0.1, 0.15) is 38.5 Å². The normalized spacial score (nSPS) is 31.0. The summed E-state index contributed by atoms with van der Waals surface area (Å²) in [5.41, 5.74) is 0. The van der Waals surface area contributed by atoms with Crippen LogP contribution in [0.25, 0.3) is 0 Å². The van der Waals surface area contributed by atoms with Gasteiger partial charge in [-0.15, -0.1) is 10.2 Å². The molecule has 0 radical (unpaired) electrons. The first-order chi connectivity index (χ1) is 7.16. The molecule has 1 aliphatic carbocycles. The second-order valence-electron chi connectivity index (χ2n) is 4.62. The molecule has 0 bridgehead atoms. The maximum absolute atomic E-state index is 5.32. The Morgan fingerprint density at radius 1 is 1.33 bits per heavy atom. The van der Waals surface area contributed by atoms with Crippen LogP contribution in [-0.4, -0.2) is 16.2 Å². The molecule has 1 saturated carbocycles. The highest BCUT2D eigenvalue weighted by molar-refractivity contribution is 4.87. The second-order valence-corrected chi connectivity index (χ2v) is 4.62. The van der Waals surface area contributed by atoms with Crippen molar-refractivity contribution in [2.75, 3.05) is 0 Å². The molecule has 4 nitrogen and oxygen atoms in total. The van der Waals surface area contributed by atoms with Gasteiger partial charge in [-0.2, -0.15) is 0 Å². The van der Waals surface area contributed by atoms with E-state index in [4.69, 9.17) is 4.42 Å². The van der Waals surface area contributed by atoms with E-state index in [0.29, 0.717) is 24.4 Å². The SMILES string of the molecule is Cc1nnc(CNC2CCC(C)C2C)o1. The molecule has 0 spiro atoms. The number of aryl methyl sites for hydroxylation is 1. The van der Waals surface area contributed by atoms with Gasteiger partial charge in [0.2, 0.25) is 11.8 Å². The Hall–Kier alpha value is -0.900. The second kappa shape index (κ2) is 4.31. The highest BCUT2D eigenvalue weighted by Gasteiger charge is 2.29. The molecule has 1 aromatic rings. The van der Waals surface area contributed by atoms with Crippen molar-refractivity contribution >= 4 is 0 Å². The number of aromatic nitrogens is 2. The van der Waals surface area contributed by atoms with Crippen molar-refractivity contribution in [3.05, 3.63) is 11.8 Å². The average Bonchev–Trinajstić information content (AvgIpc) is 2.74. The van der Waals surface area contributed by atoms with Gasteiger partial charge in [-0.05, 0) is 24.7 Å². The fourth-order valence-corrected chi connectivity index (χ4v) is 2.28. The molecule has 1 aliphatic rings. The first-order valence-electron chi connectivity index (χ1n) is 5.69. The summed E-state index contributed by atoms with van der Waals surface area (Å²) in [6, 6.07) is 0.604. The lowest BCUT2D eigenvalue weighted by molar-refractivity contribution is 0.350. The van der Waals surface area contributed by atoms with Crippen molar-refractivity contribution in [1.29, 1.82) is 0 Å². The van der Waals surface area contributed by atoms with E-state index in [0.717, 1.165) is 11.8 Å². The Morgan fingerprint density at radius 2 is 2.13 bits per heavy atom. The fraction of sp³-hybridized carbons (Fsp3) is 0.818. The molecule has 1 fully saturated rings. The summed E-state index contributed by atoms with van der Waals surface area (Å²) in [6.07, 6.45) is 2.58. The van der Waals surface area contributed by atoms with Crippen LogP contribution >= 0.6 is 0 Å². The number of rotatable bonds is 3. The molecular weight excluding hydrogens is 190 g/mol. The van der Waals surface area contributed by atoms with Crippen LogP contribution in [0.15, 0.2) is 4.42 Å². The summed E-state index contributed by atoms with van der Waals surface area (Å²) >= 11 is 0. The van der Waals surface area contributed by atoms with E-state index >= 15 is 0 Å². The van der Waals surface area contributed by atoms with Crippen molar-refractivity contribution in [3.8, 4) is 0 Å². The topological polar surface area (TPSA) is 51.0 Å². The summed E-state index contributed by atoms with van der Waals surface area (Å²) < 4.78 is 5.32. The van der Waals surface area contributed by atoms with Crippen LogP contribution in [0, 0.1) is 18.8 Å². The zero-order chi connectivity index (χ0) is 10.8. The Morgan fingerprint density at radius 3 is 2.67 bits per heavy atom. The Kier molecular flexibility index (Phi) is 3.05. The fourth-order valence-electron chi connectivity index (χ4n) is 2.28. The highest BCUT2D eigenvalue weighted by Crippen LogP contribution is 2.31. The smallest absolute Gasteiger partial charge is 0.230 e. The van der Waals surface area contributed by atoms with Gasteiger partial charge in [-0.1, -0.05) is 13.8 Å². The molecule has 1 N–H and O–H groups in total. The van der Waals surface area contributed by atoms with Gasteiger partial charge in [0.05, 0.1) is 6.54 Å². The standard InChI is InChI=1S/C11H19N3O/c1-7-4-5-10(8(7)2)12-6-11-14-13-9(3)15-11/h7-8,10,12H,4-6H2,1-3H3. The van der Waals surface area contributed by atoms with Crippen molar-refractivity contribution in [3.63, 3.8) is 0 Å².